The number of urea groups is 1. The second-order valence-corrected chi connectivity index (χ2v) is 4.75. The van der Waals surface area contributed by atoms with E-state index < -0.39 is 5.97 Å². The molecule has 102 valence electrons. The second-order valence-electron chi connectivity index (χ2n) is 4.75. The zero-order chi connectivity index (χ0) is 13.5. The Kier molecular flexibility index (Phi) is 5.68. The van der Waals surface area contributed by atoms with Crippen LogP contribution in [0.4, 0.5) is 4.79 Å². The molecule has 1 saturated carbocycles. The predicted molar refractivity (Wildman–Crippen MR) is 69.4 cm³/mol. The molecular formula is C13H22N2O3. The fraction of sp³-hybridized carbons (Fsp3) is 0.692. The van der Waals surface area contributed by atoms with Crippen LogP contribution in [-0.2, 0) is 4.79 Å². The van der Waals surface area contributed by atoms with E-state index in [9.17, 15) is 9.59 Å². The first-order valence-electron chi connectivity index (χ1n) is 6.40. The van der Waals surface area contributed by atoms with Gasteiger partial charge in [-0.3, -0.25) is 4.79 Å². The summed E-state index contributed by atoms with van der Waals surface area (Å²) in [5.41, 5.74) is 0. The van der Waals surface area contributed by atoms with Gasteiger partial charge >= 0.3 is 12.0 Å². The van der Waals surface area contributed by atoms with Crippen LogP contribution in [0.2, 0.25) is 0 Å². The van der Waals surface area contributed by atoms with Gasteiger partial charge in [0.2, 0.25) is 0 Å². The van der Waals surface area contributed by atoms with Gasteiger partial charge in [0.25, 0.3) is 0 Å². The number of carboxylic acid groups (broad SMARTS) is 1. The van der Waals surface area contributed by atoms with Gasteiger partial charge in [-0.1, -0.05) is 25.3 Å². The molecule has 0 aromatic carbocycles. The van der Waals surface area contributed by atoms with E-state index in [2.05, 4.69) is 6.58 Å². The molecule has 0 spiro atoms. The number of rotatable bonds is 5. The summed E-state index contributed by atoms with van der Waals surface area (Å²) in [6.45, 7) is 3.55. The summed E-state index contributed by atoms with van der Waals surface area (Å²) in [6.07, 6.45) is 7.08. The molecule has 1 N–H and O–H groups in total. The second kappa shape index (κ2) is 7.03. The van der Waals surface area contributed by atoms with Gasteiger partial charge in [0, 0.05) is 19.6 Å². The third-order valence-corrected chi connectivity index (χ3v) is 3.37. The molecule has 2 amide bonds. The van der Waals surface area contributed by atoms with Crippen LogP contribution in [-0.4, -0.2) is 53.1 Å². The van der Waals surface area contributed by atoms with E-state index in [0.717, 1.165) is 25.7 Å². The lowest BCUT2D eigenvalue weighted by Crippen LogP contribution is -2.48. The van der Waals surface area contributed by atoms with Crippen LogP contribution in [0.25, 0.3) is 0 Å². The minimum absolute atomic E-state index is 0.218. The molecule has 5 heteroatoms. The van der Waals surface area contributed by atoms with Crippen LogP contribution in [0.1, 0.15) is 32.1 Å². The molecule has 1 aliphatic rings. The van der Waals surface area contributed by atoms with Crippen molar-refractivity contribution in [2.24, 2.45) is 0 Å². The largest absolute Gasteiger partial charge is 0.480 e. The number of carbonyl (C=O) groups is 2. The molecule has 0 aromatic heterocycles. The average Bonchev–Trinajstić information content (AvgIpc) is 2.37. The normalized spacial score (nSPS) is 16.1. The van der Waals surface area contributed by atoms with Gasteiger partial charge in [-0.05, 0) is 12.8 Å². The number of amides is 2. The van der Waals surface area contributed by atoms with Crippen LogP contribution in [0, 0.1) is 0 Å². The third kappa shape index (κ3) is 4.05. The number of nitrogens with zero attached hydrogens (tertiary/aromatic N) is 2. The highest BCUT2D eigenvalue weighted by molar-refractivity contribution is 5.80. The molecule has 0 atom stereocenters. The standard InChI is InChI=1S/C13H22N2O3/c1-3-9-15(10-12(16)17)13(18)14(2)11-7-5-4-6-8-11/h3,11H,1,4-10H2,2H3,(H,16,17). The highest BCUT2D eigenvalue weighted by Crippen LogP contribution is 2.22. The van der Waals surface area contributed by atoms with Crippen LogP contribution in [0.15, 0.2) is 12.7 Å². The Bertz CT molecular complexity index is 311. The van der Waals surface area contributed by atoms with Crippen molar-refractivity contribution in [1.29, 1.82) is 0 Å². The van der Waals surface area contributed by atoms with Gasteiger partial charge < -0.3 is 14.9 Å². The first-order chi connectivity index (χ1) is 8.56. The van der Waals surface area contributed by atoms with Gasteiger partial charge in [-0.2, -0.15) is 0 Å². The minimum atomic E-state index is -0.998. The Morgan fingerprint density at radius 2 is 1.94 bits per heavy atom. The maximum Gasteiger partial charge on any atom is 0.323 e. The Labute approximate surface area is 108 Å². The average molecular weight is 254 g/mol. The van der Waals surface area contributed by atoms with Crippen molar-refractivity contribution < 1.29 is 14.7 Å². The van der Waals surface area contributed by atoms with Gasteiger partial charge in [0.15, 0.2) is 0 Å². The van der Waals surface area contributed by atoms with E-state index in [1.807, 2.05) is 0 Å². The van der Waals surface area contributed by atoms with Crippen molar-refractivity contribution in [1.82, 2.24) is 9.80 Å². The topological polar surface area (TPSA) is 60.9 Å². The predicted octanol–water partition coefficient (Wildman–Crippen LogP) is 1.94. The van der Waals surface area contributed by atoms with E-state index in [0.29, 0.717) is 0 Å². The van der Waals surface area contributed by atoms with E-state index in [1.165, 1.54) is 11.3 Å². The van der Waals surface area contributed by atoms with Crippen LogP contribution < -0.4 is 0 Å². The maximum atomic E-state index is 12.2. The first-order valence-corrected chi connectivity index (χ1v) is 6.40. The van der Waals surface area contributed by atoms with Crippen LogP contribution in [0.3, 0.4) is 0 Å². The summed E-state index contributed by atoms with van der Waals surface area (Å²) in [4.78, 5) is 25.9. The van der Waals surface area contributed by atoms with Gasteiger partial charge in [0.1, 0.15) is 6.54 Å². The molecular weight excluding hydrogens is 232 g/mol. The minimum Gasteiger partial charge on any atom is -0.480 e. The molecule has 1 aliphatic carbocycles. The lowest BCUT2D eigenvalue weighted by molar-refractivity contribution is -0.137. The zero-order valence-electron chi connectivity index (χ0n) is 11.0. The molecule has 5 nitrogen and oxygen atoms in total. The first kappa shape index (κ1) is 14.5. The SMILES string of the molecule is C=CCN(CC(=O)O)C(=O)N(C)C1CCCCC1. The van der Waals surface area contributed by atoms with Crippen molar-refractivity contribution in [3.63, 3.8) is 0 Å². The Morgan fingerprint density at radius 3 is 2.44 bits per heavy atom. The van der Waals surface area contributed by atoms with Crippen molar-refractivity contribution in [2.45, 2.75) is 38.1 Å². The smallest absolute Gasteiger partial charge is 0.323 e. The van der Waals surface area contributed by atoms with E-state index in [4.69, 9.17) is 5.11 Å². The van der Waals surface area contributed by atoms with Crippen LogP contribution in [0.5, 0.6) is 0 Å². The van der Waals surface area contributed by atoms with Gasteiger partial charge in [-0.15, -0.1) is 6.58 Å². The maximum absolute atomic E-state index is 12.2. The number of aliphatic carboxylic acids is 1. The summed E-state index contributed by atoms with van der Waals surface area (Å²) in [5, 5.41) is 8.80. The molecule has 0 bridgehead atoms. The lowest BCUT2D eigenvalue weighted by Gasteiger charge is -2.34. The van der Waals surface area contributed by atoms with Gasteiger partial charge in [0.05, 0.1) is 0 Å². The Balaban J connectivity index is 2.62. The molecule has 0 saturated heterocycles. The van der Waals surface area contributed by atoms with E-state index >= 15 is 0 Å². The zero-order valence-corrected chi connectivity index (χ0v) is 11.0. The summed E-state index contributed by atoms with van der Waals surface area (Å²) < 4.78 is 0. The van der Waals surface area contributed by atoms with E-state index in [-0.39, 0.29) is 25.2 Å². The molecule has 0 aliphatic heterocycles. The molecule has 1 rings (SSSR count). The Morgan fingerprint density at radius 1 is 1.33 bits per heavy atom. The van der Waals surface area contributed by atoms with E-state index in [1.54, 1.807) is 18.0 Å². The number of carbonyl (C=O) groups excluding carboxylic acids is 1. The summed E-state index contributed by atoms with van der Waals surface area (Å²) in [7, 11) is 1.76. The van der Waals surface area contributed by atoms with Crippen molar-refractivity contribution >= 4 is 12.0 Å². The number of hydrogen-bond acceptors (Lipinski definition) is 2. The Hall–Kier alpha value is -1.52. The third-order valence-electron chi connectivity index (χ3n) is 3.37. The van der Waals surface area contributed by atoms with Crippen molar-refractivity contribution in [2.75, 3.05) is 20.1 Å². The fourth-order valence-corrected chi connectivity index (χ4v) is 2.38. The lowest BCUT2D eigenvalue weighted by atomic mass is 9.95. The highest BCUT2D eigenvalue weighted by Gasteiger charge is 2.26. The molecule has 0 unspecified atom stereocenters. The molecule has 0 heterocycles. The van der Waals surface area contributed by atoms with Crippen LogP contribution >= 0.6 is 0 Å². The molecule has 0 radical (unpaired) electrons. The molecule has 1 fully saturated rings. The summed E-state index contributed by atoms with van der Waals surface area (Å²) in [5.74, 6) is -0.998. The quantitative estimate of drug-likeness (QED) is 0.763. The number of carboxylic acids is 1. The molecule has 18 heavy (non-hydrogen) atoms. The summed E-state index contributed by atoms with van der Waals surface area (Å²) >= 11 is 0. The number of hydrogen-bond donors (Lipinski definition) is 1. The highest BCUT2D eigenvalue weighted by atomic mass is 16.4. The van der Waals surface area contributed by atoms with Crippen molar-refractivity contribution in [3.8, 4) is 0 Å². The van der Waals surface area contributed by atoms with Gasteiger partial charge in [-0.25, -0.2) is 4.79 Å². The monoisotopic (exact) mass is 254 g/mol. The molecule has 0 aromatic rings. The van der Waals surface area contributed by atoms with Crippen molar-refractivity contribution in [3.05, 3.63) is 12.7 Å². The summed E-state index contributed by atoms with van der Waals surface area (Å²) in [6, 6.07) is 0.0246. The fourth-order valence-electron chi connectivity index (χ4n) is 2.38.